The van der Waals surface area contributed by atoms with E-state index in [-0.39, 0.29) is 17.1 Å². The molecule has 0 amide bonds. The van der Waals surface area contributed by atoms with Crippen LogP contribution in [0.5, 0.6) is 11.8 Å². The molecule has 1 aliphatic heterocycles. The van der Waals surface area contributed by atoms with Gasteiger partial charge in [0, 0.05) is 30.2 Å². The van der Waals surface area contributed by atoms with E-state index < -0.39 is 8.38 Å². The number of nitrogens with one attached hydrogen (secondary N) is 1. The van der Waals surface area contributed by atoms with Crippen LogP contribution in [-0.4, -0.2) is 62.5 Å². The van der Waals surface area contributed by atoms with Crippen LogP contribution in [0.1, 0.15) is 12.8 Å². The van der Waals surface area contributed by atoms with E-state index >= 15 is 0 Å². The van der Waals surface area contributed by atoms with Crippen molar-refractivity contribution in [1.82, 2.24) is 20.1 Å². The van der Waals surface area contributed by atoms with Crippen molar-refractivity contribution in [2.75, 3.05) is 26.9 Å². The zero-order valence-electron chi connectivity index (χ0n) is 13.2. The number of H-pyrrole nitrogens is 1. The van der Waals surface area contributed by atoms with Gasteiger partial charge in [-0.3, -0.25) is 9.69 Å². The van der Waals surface area contributed by atoms with E-state index in [1.807, 2.05) is 0 Å². The Hall–Kier alpha value is -1.80. The number of methoxy groups -OCH3 is 1. The lowest BCUT2D eigenvalue weighted by atomic mass is 10.1. The van der Waals surface area contributed by atoms with Crippen LogP contribution in [-0.2, 0) is 0 Å². The van der Waals surface area contributed by atoms with Crippen molar-refractivity contribution in [1.29, 1.82) is 0 Å². The third-order valence-corrected chi connectivity index (χ3v) is 5.23. The van der Waals surface area contributed by atoms with E-state index in [4.69, 9.17) is 9.47 Å². The molecule has 130 valence electrons. The van der Waals surface area contributed by atoms with Crippen molar-refractivity contribution in [2.45, 2.75) is 18.5 Å². The molecular formula is C14H19N4O5P. The first-order chi connectivity index (χ1) is 11.6. The van der Waals surface area contributed by atoms with Gasteiger partial charge in [0.1, 0.15) is 12.1 Å². The summed E-state index contributed by atoms with van der Waals surface area (Å²) >= 11 is 0. The van der Waals surface area contributed by atoms with Crippen molar-refractivity contribution in [3.05, 3.63) is 22.6 Å². The Labute approximate surface area is 139 Å². The van der Waals surface area contributed by atoms with E-state index in [0.29, 0.717) is 23.4 Å². The summed E-state index contributed by atoms with van der Waals surface area (Å²) in [4.78, 5) is 36.6. The maximum atomic E-state index is 11.8. The average molecular weight is 354 g/mol. The predicted molar refractivity (Wildman–Crippen MR) is 88.2 cm³/mol. The third kappa shape index (κ3) is 3.64. The Kier molecular flexibility index (Phi) is 5.25. The fourth-order valence-electron chi connectivity index (χ4n) is 2.72. The van der Waals surface area contributed by atoms with Crippen LogP contribution in [0.2, 0.25) is 0 Å². The first-order valence-electron chi connectivity index (χ1n) is 7.53. The average Bonchev–Trinajstić information content (AvgIpc) is 2.59. The van der Waals surface area contributed by atoms with Gasteiger partial charge in [-0.05, 0) is 12.8 Å². The van der Waals surface area contributed by atoms with Crippen LogP contribution < -0.4 is 15.0 Å². The lowest BCUT2D eigenvalue weighted by Crippen LogP contribution is -2.37. The normalized spacial score (nSPS) is 16.7. The van der Waals surface area contributed by atoms with Crippen LogP contribution in [0.25, 0.3) is 10.8 Å². The molecule has 3 N–H and O–H groups in total. The molecule has 0 unspecified atom stereocenters. The number of rotatable bonds is 5. The van der Waals surface area contributed by atoms with Gasteiger partial charge in [-0.15, -0.1) is 0 Å². The molecular weight excluding hydrogens is 335 g/mol. The topological polar surface area (TPSA) is 121 Å². The maximum absolute atomic E-state index is 11.8. The van der Waals surface area contributed by atoms with Gasteiger partial charge in [-0.25, -0.2) is 5.10 Å². The summed E-state index contributed by atoms with van der Waals surface area (Å²) in [6.45, 7) is 1.80. The van der Waals surface area contributed by atoms with Gasteiger partial charge in [0.25, 0.3) is 5.56 Å². The summed E-state index contributed by atoms with van der Waals surface area (Å²) in [5.41, 5.74) is -0.386. The van der Waals surface area contributed by atoms with E-state index in [1.54, 1.807) is 6.07 Å². The van der Waals surface area contributed by atoms with Crippen LogP contribution >= 0.6 is 8.38 Å². The number of aromatic amines is 1. The molecule has 0 aromatic carbocycles. The molecule has 0 atom stereocenters. The van der Waals surface area contributed by atoms with E-state index in [9.17, 15) is 14.6 Å². The first-order valence-corrected chi connectivity index (χ1v) is 8.84. The number of hydrogen-bond donors (Lipinski definition) is 3. The zero-order chi connectivity index (χ0) is 17.1. The highest BCUT2D eigenvalue weighted by atomic mass is 31.2. The van der Waals surface area contributed by atoms with Crippen LogP contribution in [0.15, 0.2) is 17.1 Å². The highest BCUT2D eigenvalue weighted by molar-refractivity contribution is 7.45. The number of fused-ring (bicyclic) bond motifs is 1. The third-order valence-electron chi connectivity index (χ3n) is 4.06. The standard InChI is InChI=1S/C14H19N4O5P/c1-22-14-12-9(7-15-17-13(12)19)6-11(16-14)23-8-18-4-2-10(3-5-18)24(20)21/h6-7,10,20-21H,2-5,8H2,1H3,(H,17,19). The Morgan fingerprint density at radius 3 is 2.83 bits per heavy atom. The van der Waals surface area contributed by atoms with Crippen molar-refractivity contribution in [2.24, 2.45) is 0 Å². The second-order valence-electron chi connectivity index (χ2n) is 5.58. The lowest BCUT2D eigenvalue weighted by molar-refractivity contribution is 0.102. The van der Waals surface area contributed by atoms with Crippen LogP contribution in [0.4, 0.5) is 0 Å². The second kappa shape index (κ2) is 7.40. The molecule has 0 saturated carbocycles. The maximum Gasteiger partial charge on any atom is 0.277 e. The van der Waals surface area contributed by atoms with Crippen molar-refractivity contribution >= 4 is 19.1 Å². The Morgan fingerprint density at radius 2 is 2.17 bits per heavy atom. The van der Waals surface area contributed by atoms with Gasteiger partial charge in [0.15, 0.2) is 8.38 Å². The molecule has 1 fully saturated rings. The molecule has 1 aliphatic rings. The molecule has 3 rings (SSSR count). The molecule has 0 radical (unpaired) electrons. The SMILES string of the molecule is COc1nc(OCN2CCC(P(O)O)CC2)cc2cn[nH]c(=O)c12. The highest BCUT2D eigenvalue weighted by Gasteiger charge is 2.24. The molecule has 0 aliphatic carbocycles. The molecule has 0 spiro atoms. The molecule has 2 aromatic heterocycles. The number of likely N-dealkylation sites (tertiary alicyclic amines) is 1. The number of ether oxygens (including phenoxy) is 2. The summed E-state index contributed by atoms with van der Waals surface area (Å²) in [5.74, 6) is 0.538. The smallest absolute Gasteiger partial charge is 0.277 e. The number of aromatic nitrogens is 3. The van der Waals surface area contributed by atoms with Crippen LogP contribution in [0.3, 0.4) is 0 Å². The fourth-order valence-corrected chi connectivity index (χ4v) is 3.41. The largest absolute Gasteiger partial charge is 0.480 e. The molecule has 1 saturated heterocycles. The van der Waals surface area contributed by atoms with Gasteiger partial charge in [-0.2, -0.15) is 10.1 Å². The van der Waals surface area contributed by atoms with Gasteiger partial charge < -0.3 is 19.3 Å². The molecule has 2 aromatic rings. The number of pyridine rings is 1. The summed E-state index contributed by atoms with van der Waals surface area (Å²) in [6, 6.07) is 1.65. The van der Waals surface area contributed by atoms with Gasteiger partial charge in [0.2, 0.25) is 11.8 Å². The van der Waals surface area contributed by atoms with Crippen molar-refractivity contribution in [3.63, 3.8) is 0 Å². The fraction of sp³-hybridized carbons (Fsp3) is 0.500. The van der Waals surface area contributed by atoms with Gasteiger partial charge in [0.05, 0.1) is 13.3 Å². The van der Waals surface area contributed by atoms with Gasteiger partial charge in [-0.1, -0.05) is 0 Å². The van der Waals surface area contributed by atoms with Crippen molar-refractivity contribution < 1.29 is 19.3 Å². The Morgan fingerprint density at radius 1 is 1.42 bits per heavy atom. The molecule has 3 heterocycles. The molecule has 10 heteroatoms. The lowest BCUT2D eigenvalue weighted by Gasteiger charge is -2.31. The van der Waals surface area contributed by atoms with Crippen LogP contribution in [0, 0.1) is 0 Å². The highest BCUT2D eigenvalue weighted by Crippen LogP contribution is 2.37. The van der Waals surface area contributed by atoms with E-state index in [1.165, 1.54) is 13.3 Å². The van der Waals surface area contributed by atoms with Crippen molar-refractivity contribution in [3.8, 4) is 11.8 Å². The monoisotopic (exact) mass is 354 g/mol. The Balaban J connectivity index is 1.69. The molecule has 24 heavy (non-hydrogen) atoms. The minimum Gasteiger partial charge on any atom is -0.480 e. The number of piperidine rings is 1. The molecule has 0 bridgehead atoms. The number of nitrogens with zero attached hydrogens (tertiary/aromatic N) is 3. The quantitative estimate of drug-likeness (QED) is 0.661. The molecule has 9 nitrogen and oxygen atoms in total. The summed E-state index contributed by atoms with van der Waals surface area (Å²) in [5, 5.41) is 7.04. The van der Waals surface area contributed by atoms with E-state index in [0.717, 1.165) is 25.9 Å². The summed E-state index contributed by atoms with van der Waals surface area (Å²) < 4.78 is 10.9. The first kappa shape index (κ1) is 17.0. The zero-order valence-corrected chi connectivity index (χ0v) is 14.1. The minimum atomic E-state index is -1.86. The minimum absolute atomic E-state index is 0.0204. The van der Waals surface area contributed by atoms with E-state index in [2.05, 4.69) is 20.1 Å². The predicted octanol–water partition coefficient (Wildman–Crippen LogP) is 0.424. The summed E-state index contributed by atoms with van der Waals surface area (Å²) in [6.07, 6.45) is 2.98. The van der Waals surface area contributed by atoms with Gasteiger partial charge >= 0.3 is 0 Å². The number of hydrogen-bond acceptors (Lipinski definition) is 8. The Bertz CT molecular complexity index is 760. The summed E-state index contributed by atoms with van der Waals surface area (Å²) in [7, 11) is -0.414. The second-order valence-corrected chi connectivity index (χ2v) is 6.95.